The van der Waals surface area contributed by atoms with Gasteiger partial charge in [-0.05, 0) is 75.0 Å². The van der Waals surface area contributed by atoms with E-state index in [1.807, 2.05) is 17.0 Å². The third-order valence-electron chi connectivity index (χ3n) is 8.60. The average molecular weight is 572 g/mol. The fraction of sp³-hybridized carbons (Fsp3) is 0.679. The SMILES string of the molecule is CC(CO)(CO)C(=O)N(CCN1C2CCC1CC(c1cccc(C(N)=O)c1)C2)CC1CCC1.O=C(O)C(F)(F)F. The van der Waals surface area contributed by atoms with E-state index in [4.69, 9.17) is 15.6 Å². The minimum absolute atomic E-state index is 0.134. The Labute approximate surface area is 232 Å². The number of benzene rings is 1. The average Bonchev–Trinajstić information content (AvgIpc) is 3.12. The highest BCUT2D eigenvalue weighted by Crippen LogP contribution is 2.43. The van der Waals surface area contributed by atoms with Gasteiger partial charge in [0.1, 0.15) is 0 Å². The third-order valence-corrected chi connectivity index (χ3v) is 8.60. The lowest BCUT2D eigenvalue weighted by Gasteiger charge is -2.42. The van der Waals surface area contributed by atoms with Gasteiger partial charge in [-0.2, -0.15) is 13.2 Å². The molecule has 3 aliphatic rings. The molecule has 0 spiro atoms. The summed E-state index contributed by atoms with van der Waals surface area (Å²) in [6, 6.07) is 8.71. The zero-order valence-electron chi connectivity index (χ0n) is 22.8. The molecule has 224 valence electrons. The second kappa shape index (κ2) is 13.3. The standard InChI is InChI=1S/C26H39N3O4.C2HF3O2/c1-26(16-30,17-31)25(33)28(15-18-4-2-5-18)10-11-29-22-8-9-23(29)14-21(13-22)19-6-3-7-20(12-19)24(27)32;3-2(4,5)1(6)7/h3,6-7,12,18,21-23,30-31H,2,4-5,8-11,13-17H2,1H3,(H2,27,32);(H,6,7). The quantitative estimate of drug-likeness (QED) is 0.338. The van der Waals surface area contributed by atoms with E-state index in [1.54, 1.807) is 13.0 Å². The Hall–Kier alpha value is -2.70. The van der Waals surface area contributed by atoms with Gasteiger partial charge in [0.05, 0.1) is 18.6 Å². The number of rotatable bonds is 10. The molecule has 4 rings (SSSR count). The van der Waals surface area contributed by atoms with Crippen LogP contribution in [0.4, 0.5) is 13.2 Å². The van der Waals surface area contributed by atoms with Gasteiger partial charge in [0.15, 0.2) is 0 Å². The highest BCUT2D eigenvalue weighted by molar-refractivity contribution is 5.92. The summed E-state index contributed by atoms with van der Waals surface area (Å²) in [7, 11) is 0. The number of carbonyl (C=O) groups excluding carboxylic acids is 2. The summed E-state index contributed by atoms with van der Waals surface area (Å²) in [5.41, 5.74) is 6.13. The number of amides is 2. The number of aliphatic hydroxyl groups is 2. The number of hydrogen-bond acceptors (Lipinski definition) is 6. The monoisotopic (exact) mass is 571 g/mol. The zero-order chi connectivity index (χ0) is 29.7. The van der Waals surface area contributed by atoms with Crippen LogP contribution in [-0.4, -0.2) is 94.0 Å². The highest BCUT2D eigenvalue weighted by Gasteiger charge is 2.42. The van der Waals surface area contributed by atoms with Crippen LogP contribution in [0.3, 0.4) is 0 Å². The molecule has 40 heavy (non-hydrogen) atoms. The molecule has 2 heterocycles. The number of carboxylic acid groups (broad SMARTS) is 1. The molecule has 5 N–H and O–H groups in total. The van der Waals surface area contributed by atoms with Crippen molar-refractivity contribution in [2.75, 3.05) is 32.8 Å². The molecule has 1 aromatic rings. The molecule has 2 unspecified atom stereocenters. The number of carboxylic acids is 1. The Balaban J connectivity index is 0.000000559. The van der Waals surface area contributed by atoms with Crippen LogP contribution in [-0.2, 0) is 9.59 Å². The van der Waals surface area contributed by atoms with Gasteiger partial charge < -0.3 is 26.0 Å². The predicted octanol–water partition coefficient (Wildman–Crippen LogP) is 2.75. The largest absolute Gasteiger partial charge is 0.490 e. The molecule has 3 fully saturated rings. The molecular formula is C28H40F3N3O6. The molecule has 2 atom stereocenters. The lowest BCUT2D eigenvalue weighted by atomic mass is 9.83. The molecule has 1 aromatic carbocycles. The fourth-order valence-corrected chi connectivity index (χ4v) is 5.92. The lowest BCUT2D eigenvalue weighted by Crippen LogP contribution is -2.52. The summed E-state index contributed by atoms with van der Waals surface area (Å²) in [5.74, 6) is -2.31. The maximum absolute atomic E-state index is 13.2. The van der Waals surface area contributed by atoms with Crippen molar-refractivity contribution < 1.29 is 42.9 Å². The first-order valence-corrected chi connectivity index (χ1v) is 13.8. The van der Waals surface area contributed by atoms with E-state index in [9.17, 15) is 33.0 Å². The Kier molecular flexibility index (Phi) is 10.6. The topological polar surface area (TPSA) is 144 Å². The molecule has 0 aromatic heterocycles. The van der Waals surface area contributed by atoms with Gasteiger partial charge in [-0.15, -0.1) is 0 Å². The van der Waals surface area contributed by atoms with Crippen LogP contribution in [0.25, 0.3) is 0 Å². The van der Waals surface area contributed by atoms with Crippen molar-refractivity contribution in [1.82, 2.24) is 9.80 Å². The summed E-state index contributed by atoms with van der Waals surface area (Å²) in [4.78, 5) is 38.2. The van der Waals surface area contributed by atoms with Gasteiger partial charge in [0.25, 0.3) is 0 Å². The van der Waals surface area contributed by atoms with Crippen LogP contribution in [0.1, 0.15) is 73.7 Å². The number of aliphatic carboxylic acids is 1. The molecule has 0 radical (unpaired) electrons. The normalized spacial score (nSPS) is 23.1. The van der Waals surface area contributed by atoms with Crippen LogP contribution in [0.2, 0.25) is 0 Å². The second-order valence-corrected chi connectivity index (χ2v) is 11.5. The molecule has 2 aliphatic heterocycles. The first-order valence-electron chi connectivity index (χ1n) is 13.8. The molecule has 2 bridgehead atoms. The number of alkyl halides is 3. The van der Waals surface area contributed by atoms with E-state index in [1.165, 1.54) is 12.0 Å². The van der Waals surface area contributed by atoms with Crippen LogP contribution in [0.5, 0.6) is 0 Å². The number of nitrogens with zero attached hydrogens (tertiary/aromatic N) is 2. The van der Waals surface area contributed by atoms with Crippen molar-refractivity contribution in [3.05, 3.63) is 35.4 Å². The summed E-state index contributed by atoms with van der Waals surface area (Å²) >= 11 is 0. The summed E-state index contributed by atoms with van der Waals surface area (Å²) in [6.45, 7) is 3.15. The van der Waals surface area contributed by atoms with Crippen LogP contribution in [0, 0.1) is 11.3 Å². The van der Waals surface area contributed by atoms with Crippen molar-refractivity contribution in [2.24, 2.45) is 17.1 Å². The second-order valence-electron chi connectivity index (χ2n) is 11.5. The Morgan fingerprint density at radius 2 is 1.62 bits per heavy atom. The Morgan fingerprint density at radius 1 is 1.05 bits per heavy atom. The van der Waals surface area contributed by atoms with Crippen molar-refractivity contribution >= 4 is 17.8 Å². The molecule has 2 amide bonds. The first kappa shape index (κ1) is 31.8. The van der Waals surface area contributed by atoms with Crippen molar-refractivity contribution in [3.63, 3.8) is 0 Å². The number of hydrogen-bond donors (Lipinski definition) is 4. The maximum Gasteiger partial charge on any atom is 0.490 e. The van der Waals surface area contributed by atoms with E-state index in [-0.39, 0.29) is 25.0 Å². The van der Waals surface area contributed by atoms with Gasteiger partial charge in [-0.3, -0.25) is 14.5 Å². The summed E-state index contributed by atoms with van der Waals surface area (Å²) in [5, 5.41) is 26.7. The minimum atomic E-state index is -5.08. The van der Waals surface area contributed by atoms with E-state index in [0.29, 0.717) is 36.0 Å². The highest BCUT2D eigenvalue weighted by atomic mass is 19.4. The first-order chi connectivity index (χ1) is 18.8. The predicted molar refractivity (Wildman–Crippen MR) is 140 cm³/mol. The Morgan fingerprint density at radius 3 is 2.08 bits per heavy atom. The summed E-state index contributed by atoms with van der Waals surface area (Å²) < 4.78 is 31.7. The molecule has 9 nitrogen and oxygen atoms in total. The fourth-order valence-electron chi connectivity index (χ4n) is 5.92. The Bertz CT molecular complexity index is 1030. The minimum Gasteiger partial charge on any atom is -0.475 e. The summed E-state index contributed by atoms with van der Waals surface area (Å²) in [6.07, 6.45) is 2.88. The van der Waals surface area contributed by atoms with E-state index in [0.717, 1.165) is 51.6 Å². The lowest BCUT2D eigenvalue weighted by molar-refractivity contribution is -0.192. The van der Waals surface area contributed by atoms with Crippen LogP contribution < -0.4 is 5.73 Å². The number of carbonyl (C=O) groups is 3. The van der Waals surface area contributed by atoms with Crippen molar-refractivity contribution in [2.45, 2.75) is 76.0 Å². The van der Waals surface area contributed by atoms with E-state index in [2.05, 4.69) is 11.0 Å². The molecule has 12 heteroatoms. The molecule has 2 saturated heterocycles. The smallest absolute Gasteiger partial charge is 0.475 e. The van der Waals surface area contributed by atoms with Crippen LogP contribution in [0.15, 0.2) is 24.3 Å². The van der Waals surface area contributed by atoms with Crippen molar-refractivity contribution in [3.8, 4) is 0 Å². The van der Waals surface area contributed by atoms with Crippen molar-refractivity contribution in [1.29, 1.82) is 0 Å². The maximum atomic E-state index is 13.2. The van der Waals surface area contributed by atoms with Gasteiger partial charge in [-0.1, -0.05) is 18.6 Å². The van der Waals surface area contributed by atoms with E-state index >= 15 is 0 Å². The van der Waals surface area contributed by atoms with Crippen LogP contribution >= 0.6 is 0 Å². The molecular weight excluding hydrogens is 531 g/mol. The van der Waals surface area contributed by atoms with Gasteiger partial charge in [0.2, 0.25) is 11.8 Å². The molecule has 1 saturated carbocycles. The third kappa shape index (κ3) is 7.73. The molecule has 1 aliphatic carbocycles. The zero-order valence-corrected chi connectivity index (χ0v) is 22.8. The number of halogens is 3. The number of nitrogens with two attached hydrogens (primary N) is 1. The van der Waals surface area contributed by atoms with Gasteiger partial charge in [0, 0.05) is 37.3 Å². The number of aliphatic hydroxyl groups excluding tert-OH is 2. The number of piperidine rings is 1. The number of fused-ring (bicyclic) bond motifs is 2. The number of primary amides is 1. The van der Waals surface area contributed by atoms with Gasteiger partial charge >= 0.3 is 12.1 Å². The van der Waals surface area contributed by atoms with Gasteiger partial charge in [-0.25, -0.2) is 4.79 Å². The van der Waals surface area contributed by atoms with E-state index < -0.39 is 17.6 Å².